The highest BCUT2D eigenvalue weighted by Gasteiger charge is 2.17. The minimum absolute atomic E-state index is 0.487. The first kappa shape index (κ1) is 19.2. The van der Waals surface area contributed by atoms with Crippen molar-refractivity contribution in [3.63, 3.8) is 0 Å². The van der Waals surface area contributed by atoms with Gasteiger partial charge >= 0.3 is 0 Å². The molecule has 6 rings (SSSR count). The van der Waals surface area contributed by atoms with Gasteiger partial charge in [0.15, 0.2) is 5.76 Å². The molecule has 3 aromatic carbocycles. The van der Waals surface area contributed by atoms with Crippen molar-refractivity contribution in [2.24, 2.45) is 0 Å². The van der Waals surface area contributed by atoms with Crippen LogP contribution in [0.3, 0.4) is 0 Å². The van der Waals surface area contributed by atoms with Crippen LogP contribution in [0.25, 0.3) is 50.0 Å². The topological polar surface area (TPSA) is 67.6 Å². The third kappa shape index (κ3) is 3.51. The standard InChI is InChI=1S/C27H16N4OS/c28-16-19(27-29-22-11-5-7-13-25(22)33-27)14-20-17-31(21-9-2-1-3-10-21)30-26(20)24-15-18-8-4-6-12-23(18)32-24/h1-15,17H. The summed E-state index contributed by atoms with van der Waals surface area (Å²) < 4.78 is 8.97. The monoisotopic (exact) mass is 444 g/mol. The third-order valence-electron chi connectivity index (χ3n) is 5.37. The number of nitriles is 1. The maximum Gasteiger partial charge on any atom is 0.156 e. The molecule has 156 valence electrons. The van der Waals surface area contributed by atoms with Gasteiger partial charge < -0.3 is 4.42 Å². The Balaban J connectivity index is 1.53. The summed E-state index contributed by atoms with van der Waals surface area (Å²) >= 11 is 1.51. The van der Waals surface area contributed by atoms with Gasteiger partial charge in [0.05, 0.1) is 21.5 Å². The molecule has 0 radical (unpaired) electrons. The number of thiazole rings is 1. The van der Waals surface area contributed by atoms with Crippen molar-refractivity contribution in [3.8, 4) is 23.2 Å². The molecule has 0 aliphatic rings. The van der Waals surface area contributed by atoms with E-state index in [0.29, 0.717) is 22.0 Å². The summed E-state index contributed by atoms with van der Waals surface area (Å²) in [5.74, 6) is 0.652. The van der Waals surface area contributed by atoms with E-state index >= 15 is 0 Å². The van der Waals surface area contributed by atoms with Crippen molar-refractivity contribution in [1.29, 1.82) is 5.26 Å². The molecule has 3 aromatic heterocycles. The van der Waals surface area contributed by atoms with Gasteiger partial charge in [-0.3, -0.25) is 0 Å². The van der Waals surface area contributed by atoms with Gasteiger partial charge in [-0.2, -0.15) is 10.4 Å². The summed E-state index contributed by atoms with van der Waals surface area (Å²) in [5, 5.41) is 16.5. The predicted molar refractivity (Wildman–Crippen MR) is 132 cm³/mol. The second kappa shape index (κ2) is 7.90. The Morgan fingerprint density at radius 3 is 2.58 bits per heavy atom. The zero-order valence-electron chi connectivity index (χ0n) is 17.3. The van der Waals surface area contributed by atoms with Crippen molar-refractivity contribution in [2.45, 2.75) is 0 Å². The Morgan fingerprint density at radius 1 is 0.970 bits per heavy atom. The second-order valence-electron chi connectivity index (χ2n) is 7.52. The highest BCUT2D eigenvalue weighted by Crippen LogP contribution is 2.33. The fraction of sp³-hybridized carbons (Fsp3) is 0. The van der Waals surface area contributed by atoms with E-state index < -0.39 is 0 Å². The number of rotatable bonds is 4. The van der Waals surface area contributed by atoms with Gasteiger partial charge in [-0.25, -0.2) is 9.67 Å². The summed E-state index contributed by atoms with van der Waals surface area (Å²) in [6.07, 6.45) is 3.76. The quantitative estimate of drug-likeness (QED) is 0.276. The molecule has 0 N–H and O–H groups in total. The maximum atomic E-state index is 9.96. The van der Waals surface area contributed by atoms with Crippen LogP contribution in [-0.2, 0) is 0 Å². The van der Waals surface area contributed by atoms with Crippen molar-refractivity contribution in [2.75, 3.05) is 0 Å². The van der Waals surface area contributed by atoms with Gasteiger partial charge in [0.2, 0.25) is 0 Å². The zero-order valence-corrected chi connectivity index (χ0v) is 18.2. The molecular weight excluding hydrogens is 428 g/mol. The van der Waals surface area contributed by atoms with Gasteiger partial charge in [-0.15, -0.1) is 11.3 Å². The number of hydrogen-bond donors (Lipinski definition) is 0. The minimum atomic E-state index is 0.487. The van der Waals surface area contributed by atoms with Crippen molar-refractivity contribution in [3.05, 3.63) is 102 Å². The van der Waals surface area contributed by atoms with E-state index in [9.17, 15) is 5.26 Å². The van der Waals surface area contributed by atoms with Crippen LogP contribution in [0.4, 0.5) is 0 Å². The molecule has 6 aromatic rings. The van der Waals surface area contributed by atoms with Crippen molar-refractivity contribution in [1.82, 2.24) is 14.8 Å². The molecule has 5 nitrogen and oxygen atoms in total. The first-order valence-electron chi connectivity index (χ1n) is 10.4. The molecule has 0 saturated heterocycles. The highest BCUT2D eigenvalue weighted by atomic mass is 32.1. The lowest BCUT2D eigenvalue weighted by atomic mass is 10.1. The van der Waals surface area contributed by atoms with Crippen LogP contribution in [0, 0.1) is 11.3 Å². The zero-order chi connectivity index (χ0) is 22.2. The first-order chi connectivity index (χ1) is 16.3. The van der Waals surface area contributed by atoms with Gasteiger partial charge in [-0.1, -0.05) is 48.5 Å². The van der Waals surface area contributed by atoms with E-state index in [0.717, 1.165) is 32.4 Å². The van der Waals surface area contributed by atoms with Gasteiger partial charge in [-0.05, 0) is 42.5 Å². The molecule has 0 atom stereocenters. The molecule has 0 saturated carbocycles. The summed E-state index contributed by atoms with van der Waals surface area (Å²) in [4.78, 5) is 4.66. The summed E-state index contributed by atoms with van der Waals surface area (Å²) in [6, 6.07) is 29.9. The van der Waals surface area contributed by atoms with Crippen molar-refractivity contribution >= 4 is 44.2 Å². The van der Waals surface area contributed by atoms with Crippen LogP contribution in [-0.4, -0.2) is 14.8 Å². The molecule has 0 aliphatic heterocycles. The number of para-hydroxylation sites is 3. The largest absolute Gasteiger partial charge is 0.454 e. The van der Waals surface area contributed by atoms with Gasteiger partial charge in [0.25, 0.3) is 0 Å². The van der Waals surface area contributed by atoms with Crippen LogP contribution in [0.2, 0.25) is 0 Å². The van der Waals surface area contributed by atoms with E-state index in [2.05, 4.69) is 11.1 Å². The molecule has 0 unspecified atom stereocenters. The molecule has 3 heterocycles. The van der Waals surface area contributed by atoms with Crippen LogP contribution >= 0.6 is 11.3 Å². The maximum absolute atomic E-state index is 9.96. The van der Waals surface area contributed by atoms with E-state index in [1.54, 1.807) is 0 Å². The van der Waals surface area contributed by atoms with Crippen molar-refractivity contribution < 1.29 is 4.42 Å². The lowest BCUT2D eigenvalue weighted by Crippen LogP contribution is -1.93. The molecule has 0 spiro atoms. The number of benzene rings is 3. The summed E-state index contributed by atoms with van der Waals surface area (Å²) in [6.45, 7) is 0. The van der Waals surface area contributed by atoms with Crippen LogP contribution in [0.5, 0.6) is 0 Å². The molecule has 0 bridgehead atoms. The third-order valence-corrected chi connectivity index (χ3v) is 6.44. The van der Waals surface area contributed by atoms with E-state index in [4.69, 9.17) is 9.52 Å². The van der Waals surface area contributed by atoms with Crippen LogP contribution in [0.15, 0.2) is 95.5 Å². The van der Waals surface area contributed by atoms with Crippen LogP contribution < -0.4 is 0 Å². The predicted octanol–water partition coefficient (Wildman–Crippen LogP) is 6.96. The van der Waals surface area contributed by atoms with Gasteiger partial charge in [0.1, 0.15) is 22.4 Å². The summed E-state index contributed by atoms with van der Waals surface area (Å²) in [7, 11) is 0. The van der Waals surface area contributed by atoms with Gasteiger partial charge in [0, 0.05) is 17.1 Å². The average Bonchev–Trinajstić information content (AvgIpc) is 3.59. The Bertz CT molecular complexity index is 1620. The number of allylic oxidation sites excluding steroid dienone is 1. The second-order valence-corrected chi connectivity index (χ2v) is 8.55. The van der Waals surface area contributed by atoms with E-state index in [1.807, 2.05) is 102 Å². The molecule has 33 heavy (non-hydrogen) atoms. The Kier molecular flexibility index (Phi) is 4.60. The lowest BCUT2D eigenvalue weighted by Gasteiger charge is -1.98. The Labute approximate surface area is 193 Å². The minimum Gasteiger partial charge on any atom is -0.454 e. The number of aromatic nitrogens is 3. The Hall–Kier alpha value is -4.47. The Morgan fingerprint density at radius 2 is 1.76 bits per heavy atom. The van der Waals surface area contributed by atoms with E-state index in [-0.39, 0.29) is 0 Å². The number of hydrogen-bond acceptors (Lipinski definition) is 5. The molecule has 0 amide bonds. The first-order valence-corrected chi connectivity index (χ1v) is 11.2. The number of furan rings is 1. The van der Waals surface area contributed by atoms with Crippen LogP contribution in [0.1, 0.15) is 10.6 Å². The lowest BCUT2D eigenvalue weighted by molar-refractivity contribution is 0.627. The molecular formula is C27H16N4OS. The fourth-order valence-electron chi connectivity index (χ4n) is 3.78. The smallest absolute Gasteiger partial charge is 0.156 e. The number of nitrogens with zero attached hydrogens (tertiary/aromatic N) is 4. The molecule has 0 aliphatic carbocycles. The fourth-order valence-corrected chi connectivity index (χ4v) is 4.71. The summed E-state index contributed by atoms with van der Waals surface area (Å²) in [5.41, 5.74) is 4.55. The molecule has 0 fully saturated rings. The SMILES string of the molecule is N#CC(=Cc1cn(-c2ccccc2)nc1-c1cc2ccccc2o1)c1nc2ccccc2s1. The average molecular weight is 445 g/mol. The highest BCUT2D eigenvalue weighted by molar-refractivity contribution is 7.19. The number of fused-ring (bicyclic) bond motifs is 2. The van der Waals surface area contributed by atoms with E-state index in [1.165, 1.54) is 11.3 Å². The normalized spacial score (nSPS) is 11.8. The molecule has 6 heteroatoms.